The lowest BCUT2D eigenvalue weighted by Crippen LogP contribution is -2.54. The molecule has 3 unspecified atom stereocenters. The van der Waals surface area contributed by atoms with Gasteiger partial charge >= 0.3 is 0 Å². The van der Waals surface area contributed by atoms with Gasteiger partial charge in [0.25, 0.3) is 0 Å². The van der Waals surface area contributed by atoms with E-state index in [9.17, 15) is 5.11 Å². The zero-order chi connectivity index (χ0) is 10.6. The third-order valence-electron chi connectivity index (χ3n) is 2.50. The Morgan fingerprint density at radius 2 is 2.14 bits per heavy atom. The normalized spacial score (nSPS) is 33.3. The number of aliphatic hydroxyl groups excluding tert-OH is 2. The van der Waals surface area contributed by atoms with E-state index < -0.39 is 11.7 Å². The standard InChI is InChI=1S/C10H16O4/c1-13-9-5-3-4-6-10(9,14-2)8(12)7-11/h3-6,8-9,11-12H,7H2,1-2H3. The molecule has 4 heteroatoms. The van der Waals surface area contributed by atoms with Gasteiger partial charge in [-0.2, -0.15) is 0 Å². The van der Waals surface area contributed by atoms with Crippen LogP contribution in [-0.4, -0.2) is 48.8 Å². The molecule has 2 N–H and O–H groups in total. The Labute approximate surface area is 83.5 Å². The first-order chi connectivity index (χ1) is 6.71. The van der Waals surface area contributed by atoms with Gasteiger partial charge in [0.2, 0.25) is 0 Å². The van der Waals surface area contributed by atoms with Gasteiger partial charge in [-0.1, -0.05) is 18.2 Å². The number of hydrogen-bond acceptors (Lipinski definition) is 4. The van der Waals surface area contributed by atoms with Crippen molar-refractivity contribution >= 4 is 0 Å². The van der Waals surface area contributed by atoms with Crippen molar-refractivity contribution in [3.05, 3.63) is 24.3 Å². The van der Waals surface area contributed by atoms with Crippen molar-refractivity contribution < 1.29 is 19.7 Å². The molecule has 1 rings (SSSR count). The lowest BCUT2D eigenvalue weighted by Gasteiger charge is -2.39. The highest BCUT2D eigenvalue weighted by Gasteiger charge is 2.43. The third kappa shape index (κ3) is 1.74. The van der Waals surface area contributed by atoms with Crippen LogP contribution in [0.1, 0.15) is 0 Å². The zero-order valence-corrected chi connectivity index (χ0v) is 8.38. The van der Waals surface area contributed by atoms with Gasteiger partial charge < -0.3 is 19.7 Å². The summed E-state index contributed by atoms with van der Waals surface area (Å²) in [5, 5.41) is 18.6. The fraction of sp³-hybridized carbons (Fsp3) is 0.600. The molecule has 0 saturated carbocycles. The summed E-state index contributed by atoms with van der Waals surface area (Å²) < 4.78 is 10.4. The van der Waals surface area contributed by atoms with Crippen LogP contribution < -0.4 is 0 Å². The van der Waals surface area contributed by atoms with E-state index >= 15 is 0 Å². The van der Waals surface area contributed by atoms with Crippen LogP contribution in [0.5, 0.6) is 0 Å². The average molecular weight is 200 g/mol. The molecule has 0 aromatic carbocycles. The second kappa shape index (κ2) is 4.70. The number of allylic oxidation sites excluding steroid dienone is 2. The monoisotopic (exact) mass is 200 g/mol. The van der Waals surface area contributed by atoms with Gasteiger partial charge in [-0.3, -0.25) is 0 Å². The fourth-order valence-electron chi connectivity index (χ4n) is 1.64. The average Bonchev–Trinajstić information content (AvgIpc) is 2.27. The maximum absolute atomic E-state index is 9.69. The van der Waals surface area contributed by atoms with Gasteiger partial charge in [0.15, 0.2) is 0 Å². The summed E-state index contributed by atoms with van der Waals surface area (Å²) in [7, 11) is 3.01. The Bertz CT molecular complexity index is 236. The van der Waals surface area contributed by atoms with Crippen LogP contribution in [0.3, 0.4) is 0 Å². The largest absolute Gasteiger partial charge is 0.394 e. The van der Waals surface area contributed by atoms with Crippen LogP contribution in [-0.2, 0) is 9.47 Å². The molecular formula is C10H16O4. The quantitative estimate of drug-likeness (QED) is 0.663. The van der Waals surface area contributed by atoms with Crippen molar-refractivity contribution in [3.63, 3.8) is 0 Å². The van der Waals surface area contributed by atoms with E-state index in [-0.39, 0.29) is 12.7 Å². The molecule has 0 spiro atoms. The van der Waals surface area contributed by atoms with E-state index in [1.54, 1.807) is 18.2 Å². The van der Waals surface area contributed by atoms with Crippen LogP contribution in [0.2, 0.25) is 0 Å². The predicted octanol–water partition coefficient (Wildman–Crippen LogP) is -0.134. The minimum absolute atomic E-state index is 0.369. The summed E-state index contributed by atoms with van der Waals surface area (Å²) in [6, 6.07) is 0. The number of ether oxygens (including phenoxy) is 2. The van der Waals surface area contributed by atoms with Gasteiger partial charge in [0.1, 0.15) is 17.8 Å². The van der Waals surface area contributed by atoms with Gasteiger partial charge in [-0.25, -0.2) is 0 Å². The first-order valence-corrected chi connectivity index (χ1v) is 4.44. The summed E-state index contributed by atoms with van der Waals surface area (Å²) in [4.78, 5) is 0. The van der Waals surface area contributed by atoms with E-state index in [2.05, 4.69) is 0 Å². The lowest BCUT2D eigenvalue weighted by atomic mass is 9.86. The van der Waals surface area contributed by atoms with Crippen LogP contribution in [0.15, 0.2) is 24.3 Å². The molecule has 0 fully saturated rings. The SMILES string of the molecule is COC1C=CC=CC1(OC)C(O)CO. The van der Waals surface area contributed by atoms with Crippen LogP contribution in [0, 0.1) is 0 Å². The molecule has 80 valence electrons. The van der Waals surface area contributed by atoms with Gasteiger partial charge in [0.05, 0.1) is 6.61 Å². The number of rotatable bonds is 4. The summed E-state index contributed by atoms with van der Waals surface area (Å²) in [5.41, 5.74) is -0.988. The van der Waals surface area contributed by atoms with Crippen molar-refractivity contribution in [1.82, 2.24) is 0 Å². The Morgan fingerprint density at radius 1 is 1.43 bits per heavy atom. The van der Waals surface area contributed by atoms with Crippen LogP contribution in [0.25, 0.3) is 0 Å². The van der Waals surface area contributed by atoms with E-state index in [4.69, 9.17) is 14.6 Å². The second-order valence-corrected chi connectivity index (χ2v) is 3.16. The smallest absolute Gasteiger partial charge is 0.144 e. The van der Waals surface area contributed by atoms with Gasteiger partial charge in [0, 0.05) is 14.2 Å². The maximum atomic E-state index is 9.69. The molecule has 0 aromatic heterocycles. The van der Waals surface area contributed by atoms with Crippen molar-refractivity contribution in [2.75, 3.05) is 20.8 Å². The number of hydrogen-bond donors (Lipinski definition) is 2. The van der Waals surface area contributed by atoms with Crippen molar-refractivity contribution in [2.24, 2.45) is 0 Å². The first-order valence-electron chi connectivity index (χ1n) is 4.44. The Kier molecular flexibility index (Phi) is 3.83. The van der Waals surface area contributed by atoms with Crippen molar-refractivity contribution in [1.29, 1.82) is 0 Å². The molecule has 1 aliphatic rings. The topological polar surface area (TPSA) is 58.9 Å². The molecule has 3 atom stereocenters. The first kappa shape index (κ1) is 11.4. The summed E-state index contributed by atoms with van der Waals surface area (Å²) in [6.45, 7) is -0.369. The van der Waals surface area contributed by atoms with Gasteiger partial charge in [-0.15, -0.1) is 0 Å². The highest BCUT2D eigenvalue weighted by molar-refractivity contribution is 5.25. The second-order valence-electron chi connectivity index (χ2n) is 3.16. The van der Waals surface area contributed by atoms with Crippen LogP contribution in [0.4, 0.5) is 0 Å². The van der Waals surface area contributed by atoms with Gasteiger partial charge in [-0.05, 0) is 6.08 Å². The van der Waals surface area contributed by atoms with Crippen LogP contribution >= 0.6 is 0 Å². The predicted molar refractivity (Wildman–Crippen MR) is 51.9 cm³/mol. The minimum Gasteiger partial charge on any atom is -0.394 e. The highest BCUT2D eigenvalue weighted by Crippen LogP contribution is 2.28. The summed E-state index contributed by atoms with van der Waals surface area (Å²) >= 11 is 0. The maximum Gasteiger partial charge on any atom is 0.144 e. The fourth-order valence-corrected chi connectivity index (χ4v) is 1.64. The molecular weight excluding hydrogens is 184 g/mol. The molecule has 0 radical (unpaired) electrons. The zero-order valence-electron chi connectivity index (χ0n) is 8.38. The number of methoxy groups -OCH3 is 2. The highest BCUT2D eigenvalue weighted by atomic mass is 16.5. The van der Waals surface area contributed by atoms with E-state index in [1.165, 1.54) is 14.2 Å². The van der Waals surface area contributed by atoms with Crippen molar-refractivity contribution in [2.45, 2.75) is 17.8 Å². The summed E-state index contributed by atoms with van der Waals surface area (Å²) in [6.07, 6.45) is 5.66. The lowest BCUT2D eigenvalue weighted by molar-refractivity contribution is -0.143. The molecule has 0 bridgehead atoms. The molecule has 0 aromatic rings. The Balaban J connectivity index is 2.95. The third-order valence-corrected chi connectivity index (χ3v) is 2.50. The van der Waals surface area contributed by atoms with E-state index in [1.807, 2.05) is 6.08 Å². The molecule has 14 heavy (non-hydrogen) atoms. The number of aliphatic hydroxyl groups is 2. The Hall–Kier alpha value is -0.680. The van der Waals surface area contributed by atoms with E-state index in [0.717, 1.165) is 0 Å². The molecule has 0 amide bonds. The molecule has 1 aliphatic carbocycles. The van der Waals surface area contributed by atoms with E-state index in [0.29, 0.717) is 0 Å². The molecule has 4 nitrogen and oxygen atoms in total. The minimum atomic E-state index is -1.00. The molecule has 0 aliphatic heterocycles. The van der Waals surface area contributed by atoms with Crippen molar-refractivity contribution in [3.8, 4) is 0 Å². The summed E-state index contributed by atoms with van der Waals surface area (Å²) in [5.74, 6) is 0. The molecule has 0 saturated heterocycles. The molecule has 0 heterocycles. The Morgan fingerprint density at radius 3 is 2.64 bits per heavy atom.